The largest absolute Gasteiger partial charge is 0.497 e. The van der Waals surface area contributed by atoms with E-state index in [4.69, 9.17) is 14.9 Å². The molecule has 2 aromatic rings. The average Bonchev–Trinajstić information content (AvgIpc) is 2.73. The summed E-state index contributed by atoms with van der Waals surface area (Å²) in [6.07, 6.45) is 2.29. The Bertz CT molecular complexity index is 826. The summed E-state index contributed by atoms with van der Waals surface area (Å²) in [5.74, 6) is 1.92. The van der Waals surface area contributed by atoms with Crippen molar-refractivity contribution in [3.63, 3.8) is 0 Å². The number of piperidine rings is 1. The van der Waals surface area contributed by atoms with Gasteiger partial charge in [0, 0.05) is 31.0 Å². The van der Waals surface area contributed by atoms with Crippen LogP contribution in [0.1, 0.15) is 25.5 Å². The Morgan fingerprint density at radius 2 is 2.07 bits per heavy atom. The lowest BCUT2D eigenvalue weighted by Gasteiger charge is -2.31. The van der Waals surface area contributed by atoms with E-state index in [1.807, 2.05) is 37.3 Å². The minimum atomic E-state index is 0.132. The van der Waals surface area contributed by atoms with Gasteiger partial charge in [-0.2, -0.15) is 4.98 Å². The third kappa shape index (κ3) is 5.57. The molecule has 1 aliphatic heterocycles. The Kier molecular flexibility index (Phi) is 6.87. The SMILES string of the molecule is CCN1CCCC(Oc2cc(C)nc(N(C)C(=N)Nc3ccc(OC)cc3)n2)C1. The van der Waals surface area contributed by atoms with E-state index >= 15 is 0 Å². The topological polar surface area (TPSA) is 86.6 Å². The van der Waals surface area contributed by atoms with Crippen molar-refractivity contribution in [2.45, 2.75) is 32.8 Å². The van der Waals surface area contributed by atoms with Gasteiger partial charge < -0.3 is 14.8 Å². The van der Waals surface area contributed by atoms with Crippen molar-refractivity contribution in [1.29, 1.82) is 5.41 Å². The van der Waals surface area contributed by atoms with Crippen LogP contribution >= 0.6 is 0 Å². The summed E-state index contributed by atoms with van der Waals surface area (Å²) < 4.78 is 11.3. The molecule has 8 nitrogen and oxygen atoms in total. The van der Waals surface area contributed by atoms with E-state index in [2.05, 4.69) is 27.1 Å². The van der Waals surface area contributed by atoms with Gasteiger partial charge in [0.15, 0.2) is 0 Å². The number of methoxy groups -OCH3 is 1. The van der Waals surface area contributed by atoms with Gasteiger partial charge >= 0.3 is 0 Å². The Balaban J connectivity index is 1.67. The fraction of sp³-hybridized carbons (Fsp3) is 0.476. The molecule has 1 saturated heterocycles. The van der Waals surface area contributed by atoms with E-state index in [0.29, 0.717) is 11.8 Å². The molecule has 1 aromatic carbocycles. The third-order valence-corrected chi connectivity index (χ3v) is 5.00. The summed E-state index contributed by atoms with van der Waals surface area (Å²) in [7, 11) is 3.39. The Hall–Kier alpha value is -2.87. The molecule has 2 N–H and O–H groups in total. The third-order valence-electron chi connectivity index (χ3n) is 5.00. The number of hydrogen-bond donors (Lipinski definition) is 2. The minimum Gasteiger partial charge on any atom is -0.497 e. The van der Waals surface area contributed by atoms with Crippen molar-refractivity contribution in [2.75, 3.05) is 44.0 Å². The Morgan fingerprint density at radius 3 is 2.76 bits per heavy atom. The highest BCUT2D eigenvalue weighted by Crippen LogP contribution is 2.21. The molecule has 2 heterocycles. The van der Waals surface area contributed by atoms with Gasteiger partial charge in [-0.05, 0) is 57.1 Å². The highest BCUT2D eigenvalue weighted by Gasteiger charge is 2.21. The van der Waals surface area contributed by atoms with Gasteiger partial charge in [0.25, 0.3) is 0 Å². The van der Waals surface area contributed by atoms with Crippen LogP contribution in [0.25, 0.3) is 0 Å². The molecule has 0 saturated carbocycles. The fourth-order valence-corrected chi connectivity index (χ4v) is 3.30. The maximum atomic E-state index is 8.37. The maximum absolute atomic E-state index is 8.37. The van der Waals surface area contributed by atoms with Gasteiger partial charge in [0.05, 0.1) is 7.11 Å². The quantitative estimate of drug-likeness (QED) is 0.571. The summed E-state index contributed by atoms with van der Waals surface area (Å²) in [5, 5.41) is 11.4. The molecule has 1 fully saturated rings. The summed E-state index contributed by atoms with van der Waals surface area (Å²) >= 11 is 0. The number of rotatable bonds is 6. The molecule has 0 spiro atoms. The number of likely N-dealkylation sites (N-methyl/N-ethyl adjacent to an activating group) is 1. The van der Waals surface area contributed by atoms with Crippen LogP contribution in [0.5, 0.6) is 11.6 Å². The maximum Gasteiger partial charge on any atom is 0.235 e. The number of nitrogens with zero attached hydrogens (tertiary/aromatic N) is 4. The van der Waals surface area contributed by atoms with E-state index in [0.717, 1.165) is 49.6 Å². The fourth-order valence-electron chi connectivity index (χ4n) is 3.30. The van der Waals surface area contributed by atoms with Gasteiger partial charge in [-0.15, -0.1) is 0 Å². The summed E-state index contributed by atoms with van der Waals surface area (Å²) in [6, 6.07) is 9.25. The minimum absolute atomic E-state index is 0.132. The van der Waals surface area contributed by atoms with Crippen LogP contribution in [-0.4, -0.2) is 60.7 Å². The highest BCUT2D eigenvalue weighted by molar-refractivity contribution is 6.01. The van der Waals surface area contributed by atoms with Gasteiger partial charge in [0.2, 0.25) is 17.8 Å². The normalized spacial score (nSPS) is 16.9. The second-order valence-electron chi connectivity index (χ2n) is 7.18. The lowest BCUT2D eigenvalue weighted by atomic mass is 10.1. The van der Waals surface area contributed by atoms with Crippen LogP contribution < -0.4 is 19.7 Å². The zero-order valence-electron chi connectivity index (χ0n) is 17.6. The average molecular weight is 399 g/mol. The highest BCUT2D eigenvalue weighted by atomic mass is 16.5. The van der Waals surface area contributed by atoms with Crippen LogP contribution in [0.4, 0.5) is 11.6 Å². The molecule has 0 radical (unpaired) electrons. The van der Waals surface area contributed by atoms with Gasteiger partial charge in [-0.25, -0.2) is 4.98 Å². The van der Waals surface area contributed by atoms with E-state index in [9.17, 15) is 0 Å². The molecule has 0 aliphatic carbocycles. The number of hydrogen-bond acceptors (Lipinski definition) is 6. The lowest BCUT2D eigenvalue weighted by molar-refractivity contribution is 0.0882. The molecule has 0 amide bonds. The molecule has 8 heteroatoms. The first-order valence-electron chi connectivity index (χ1n) is 9.96. The standard InChI is InChI=1S/C21H30N6O2/c1-5-27-12-6-7-18(14-27)29-19-13-15(2)23-21(25-19)26(3)20(22)24-16-8-10-17(28-4)11-9-16/h8-11,13,18H,5-7,12,14H2,1-4H3,(H2,22,24). The van der Waals surface area contributed by atoms with Crippen molar-refractivity contribution in [1.82, 2.24) is 14.9 Å². The van der Waals surface area contributed by atoms with Crippen LogP contribution in [0.3, 0.4) is 0 Å². The van der Waals surface area contributed by atoms with E-state index in [1.165, 1.54) is 0 Å². The first kappa shape index (κ1) is 20.9. The number of aryl methyl sites for hydroxylation is 1. The number of likely N-dealkylation sites (tertiary alicyclic amines) is 1. The van der Waals surface area contributed by atoms with E-state index in [1.54, 1.807) is 19.1 Å². The molecule has 29 heavy (non-hydrogen) atoms. The van der Waals surface area contributed by atoms with Crippen molar-refractivity contribution >= 4 is 17.6 Å². The number of benzene rings is 1. The second-order valence-corrected chi connectivity index (χ2v) is 7.18. The van der Waals surface area contributed by atoms with Crippen molar-refractivity contribution < 1.29 is 9.47 Å². The van der Waals surface area contributed by atoms with E-state index in [-0.39, 0.29) is 12.1 Å². The van der Waals surface area contributed by atoms with Crippen molar-refractivity contribution in [3.05, 3.63) is 36.0 Å². The zero-order chi connectivity index (χ0) is 20.8. The lowest BCUT2D eigenvalue weighted by Crippen LogP contribution is -2.41. The number of nitrogens with one attached hydrogen (secondary N) is 2. The summed E-state index contributed by atoms with van der Waals surface area (Å²) in [4.78, 5) is 13.0. The van der Waals surface area contributed by atoms with Gasteiger partial charge in [-0.1, -0.05) is 6.92 Å². The summed E-state index contributed by atoms with van der Waals surface area (Å²) in [6.45, 7) is 7.16. The molecular formula is C21H30N6O2. The van der Waals surface area contributed by atoms with Crippen molar-refractivity contribution in [2.24, 2.45) is 0 Å². The zero-order valence-corrected chi connectivity index (χ0v) is 17.6. The molecule has 0 bridgehead atoms. The summed E-state index contributed by atoms with van der Waals surface area (Å²) in [5.41, 5.74) is 1.59. The van der Waals surface area contributed by atoms with E-state index < -0.39 is 0 Å². The predicted molar refractivity (Wildman–Crippen MR) is 115 cm³/mol. The first-order chi connectivity index (χ1) is 14.0. The van der Waals surface area contributed by atoms with Gasteiger partial charge in [-0.3, -0.25) is 15.2 Å². The number of aromatic nitrogens is 2. The van der Waals surface area contributed by atoms with Crippen LogP contribution in [0.2, 0.25) is 0 Å². The first-order valence-corrected chi connectivity index (χ1v) is 9.96. The van der Waals surface area contributed by atoms with Crippen molar-refractivity contribution in [3.8, 4) is 11.6 Å². The number of anilines is 2. The monoisotopic (exact) mass is 398 g/mol. The number of ether oxygens (including phenoxy) is 2. The predicted octanol–water partition coefficient (Wildman–Crippen LogP) is 3.14. The molecular weight excluding hydrogens is 368 g/mol. The molecule has 156 valence electrons. The Morgan fingerprint density at radius 1 is 1.31 bits per heavy atom. The second kappa shape index (κ2) is 9.56. The molecule has 1 unspecified atom stereocenters. The number of guanidine groups is 1. The molecule has 1 aromatic heterocycles. The Labute approximate surface area is 172 Å². The molecule has 3 rings (SSSR count). The smallest absolute Gasteiger partial charge is 0.235 e. The van der Waals surface area contributed by atoms with Crippen LogP contribution in [0, 0.1) is 12.3 Å². The molecule has 1 atom stereocenters. The van der Waals surface area contributed by atoms with Crippen LogP contribution in [-0.2, 0) is 0 Å². The van der Waals surface area contributed by atoms with Crippen LogP contribution in [0.15, 0.2) is 30.3 Å². The molecule has 1 aliphatic rings. The van der Waals surface area contributed by atoms with Gasteiger partial charge in [0.1, 0.15) is 11.9 Å².